The predicted molar refractivity (Wildman–Crippen MR) is 236 cm³/mol. The zero-order valence-electron chi connectivity index (χ0n) is 30.9. The number of hydrogen-bond acceptors (Lipinski definition) is 3. The molecule has 0 spiro atoms. The third-order valence-corrected chi connectivity index (χ3v) is 11.1. The summed E-state index contributed by atoms with van der Waals surface area (Å²) in [7, 11) is 0. The van der Waals surface area contributed by atoms with Crippen molar-refractivity contribution in [3.05, 3.63) is 207 Å². The Labute approximate surface area is 330 Å². The van der Waals surface area contributed by atoms with Crippen LogP contribution in [-0.4, -0.2) is 19.5 Å². The molecular formula is C53H34N4. The molecule has 0 saturated carbocycles. The van der Waals surface area contributed by atoms with Gasteiger partial charge in [0.15, 0.2) is 0 Å². The van der Waals surface area contributed by atoms with Crippen molar-refractivity contribution >= 4 is 43.5 Å². The van der Waals surface area contributed by atoms with Gasteiger partial charge in [-0.3, -0.25) is 9.97 Å². The average molecular weight is 727 g/mol. The van der Waals surface area contributed by atoms with E-state index in [1.54, 1.807) is 0 Å². The van der Waals surface area contributed by atoms with E-state index >= 15 is 0 Å². The van der Waals surface area contributed by atoms with Crippen molar-refractivity contribution in [1.29, 1.82) is 0 Å². The lowest BCUT2D eigenvalue weighted by molar-refractivity contribution is 1.18. The zero-order valence-corrected chi connectivity index (χ0v) is 30.9. The Hall–Kier alpha value is -7.69. The van der Waals surface area contributed by atoms with Gasteiger partial charge in [-0.1, -0.05) is 115 Å². The number of pyridine rings is 3. The van der Waals surface area contributed by atoms with Crippen LogP contribution in [0.4, 0.5) is 0 Å². The van der Waals surface area contributed by atoms with Crippen LogP contribution < -0.4 is 0 Å². The number of para-hydroxylation sites is 2. The lowest BCUT2D eigenvalue weighted by Crippen LogP contribution is -1.94. The van der Waals surface area contributed by atoms with Gasteiger partial charge >= 0.3 is 0 Å². The number of fused-ring (bicyclic) bond motifs is 6. The van der Waals surface area contributed by atoms with Gasteiger partial charge in [0, 0.05) is 56.3 Å². The highest BCUT2D eigenvalue weighted by atomic mass is 15.0. The second-order valence-corrected chi connectivity index (χ2v) is 14.5. The molecule has 0 aliphatic heterocycles. The summed E-state index contributed by atoms with van der Waals surface area (Å²) < 4.78 is 2.39. The Bertz CT molecular complexity index is 3190. The van der Waals surface area contributed by atoms with E-state index in [0.717, 1.165) is 78.0 Å². The van der Waals surface area contributed by atoms with Gasteiger partial charge < -0.3 is 4.57 Å². The third-order valence-electron chi connectivity index (χ3n) is 11.1. The summed E-state index contributed by atoms with van der Waals surface area (Å²) in [6.45, 7) is 0. The molecule has 7 aromatic carbocycles. The molecule has 0 fully saturated rings. The first-order valence-corrected chi connectivity index (χ1v) is 19.3. The van der Waals surface area contributed by atoms with E-state index in [-0.39, 0.29) is 0 Å². The SMILES string of the molecule is c1ccc(-c2nc3cc(-c4ccc(-c5cc(-c6ccccn6)cc(-c6ccccn6)c5)cc4)ccc3c3cc4c(cc23)c2ccccc2n4-c2ccccc2)cc1. The van der Waals surface area contributed by atoms with E-state index in [2.05, 4.69) is 184 Å². The van der Waals surface area contributed by atoms with Gasteiger partial charge in [-0.2, -0.15) is 0 Å². The van der Waals surface area contributed by atoms with Crippen molar-refractivity contribution < 1.29 is 0 Å². The minimum Gasteiger partial charge on any atom is -0.309 e. The molecule has 4 aromatic heterocycles. The van der Waals surface area contributed by atoms with Gasteiger partial charge in [0.05, 0.1) is 33.6 Å². The maximum absolute atomic E-state index is 5.44. The summed E-state index contributed by atoms with van der Waals surface area (Å²) in [4.78, 5) is 14.7. The highest BCUT2D eigenvalue weighted by molar-refractivity contribution is 6.20. The molecule has 0 amide bonds. The van der Waals surface area contributed by atoms with Gasteiger partial charge in [0.2, 0.25) is 0 Å². The molecule has 4 heterocycles. The highest BCUT2D eigenvalue weighted by Gasteiger charge is 2.18. The quantitative estimate of drug-likeness (QED) is 0.160. The molecule has 0 unspecified atom stereocenters. The zero-order chi connectivity index (χ0) is 37.7. The van der Waals surface area contributed by atoms with Gasteiger partial charge in [-0.05, 0) is 107 Å². The molecule has 4 heteroatoms. The smallest absolute Gasteiger partial charge is 0.0788 e. The maximum atomic E-state index is 5.44. The molecule has 11 rings (SSSR count). The van der Waals surface area contributed by atoms with Crippen molar-refractivity contribution in [3.8, 4) is 61.7 Å². The molecule has 0 bridgehead atoms. The lowest BCUT2D eigenvalue weighted by Gasteiger charge is -2.14. The normalized spacial score (nSPS) is 11.5. The number of aromatic nitrogens is 4. The van der Waals surface area contributed by atoms with Crippen LogP contribution in [0.25, 0.3) is 105 Å². The van der Waals surface area contributed by atoms with Crippen molar-refractivity contribution in [2.75, 3.05) is 0 Å². The van der Waals surface area contributed by atoms with Crippen LogP contribution >= 0.6 is 0 Å². The van der Waals surface area contributed by atoms with Gasteiger partial charge in [0.25, 0.3) is 0 Å². The third kappa shape index (κ3) is 5.74. The summed E-state index contributed by atoms with van der Waals surface area (Å²) >= 11 is 0. The molecule has 4 nitrogen and oxygen atoms in total. The second-order valence-electron chi connectivity index (χ2n) is 14.5. The summed E-state index contributed by atoms with van der Waals surface area (Å²) in [5.41, 5.74) is 15.0. The van der Waals surface area contributed by atoms with Crippen LogP contribution in [0.5, 0.6) is 0 Å². The van der Waals surface area contributed by atoms with E-state index < -0.39 is 0 Å². The van der Waals surface area contributed by atoms with E-state index in [9.17, 15) is 0 Å². The van der Waals surface area contributed by atoms with Crippen molar-refractivity contribution in [1.82, 2.24) is 19.5 Å². The van der Waals surface area contributed by atoms with Crippen molar-refractivity contribution in [3.63, 3.8) is 0 Å². The fraction of sp³-hybridized carbons (Fsp3) is 0. The van der Waals surface area contributed by atoms with Crippen LogP contribution in [0.2, 0.25) is 0 Å². The Morgan fingerprint density at radius 3 is 1.60 bits per heavy atom. The fourth-order valence-corrected chi connectivity index (χ4v) is 8.33. The molecule has 11 aromatic rings. The lowest BCUT2D eigenvalue weighted by atomic mass is 9.94. The highest BCUT2D eigenvalue weighted by Crippen LogP contribution is 2.41. The second kappa shape index (κ2) is 13.6. The minimum absolute atomic E-state index is 0.932. The molecule has 0 atom stereocenters. The van der Waals surface area contributed by atoms with Crippen molar-refractivity contribution in [2.24, 2.45) is 0 Å². The molecule has 57 heavy (non-hydrogen) atoms. The van der Waals surface area contributed by atoms with Gasteiger partial charge in [0.1, 0.15) is 0 Å². The van der Waals surface area contributed by atoms with Gasteiger partial charge in [-0.25, -0.2) is 4.98 Å². The summed E-state index contributed by atoms with van der Waals surface area (Å²) in [5.74, 6) is 0. The number of hydrogen-bond donors (Lipinski definition) is 0. The number of rotatable bonds is 6. The average Bonchev–Trinajstić information content (AvgIpc) is 3.62. The van der Waals surface area contributed by atoms with E-state index in [1.165, 1.54) is 27.2 Å². The molecule has 0 radical (unpaired) electrons. The summed E-state index contributed by atoms with van der Waals surface area (Å²) in [5, 5.41) is 5.91. The maximum Gasteiger partial charge on any atom is 0.0788 e. The standard InChI is InChI=1S/C53H34N4/c1-3-13-37(14-4-1)53-47-33-46-44-17-7-8-20-51(44)57(42-15-5-2-6-16-42)52(46)34-45(47)43-26-25-38(32-50(43)56-53)35-21-23-36(24-22-35)39-29-40(48-18-9-11-27-54-48)31-41(30-39)49-19-10-12-28-55-49/h1-34H. The number of benzene rings is 7. The Balaban J connectivity index is 1.06. The van der Waals surface area contributed by atoms with Crippen LogP contribution in [0, 0.1) is 0 Å². The van der Waals surface area contributed by atoms with Crippen LogP contribution in [-0.2, 0) is 0 Å². The van der Waals surface area contributed by atoms with E-state index in [4.69, 9.17) is 4.98 Å². The minimum atomic E-state index is 0.932. The molecular weight excluding hydrogens is 693 g/mol. The van der Waals surface area contributed by atoms with E-state index in [0.29, 0.717) is 0 Å². The molecule has 0 N–H and O–H groups in total. The monoisotopic (exact) mass is 726 g/mol. The van der Waals surface area contributed by atoms with Crippen LogP contribution in [0.1, 0.15) is 0 Å². The fourth-order valence-electron chi connectivity index (χ4n) is 8.33. The molecule has 0 aliphatic rings. The molecule has 0 saturated heterocycles. The summed E-state index contributed by atoms with van der Waals surface area (Å²) in [6.07, 6.45) is 3.68. The Morgan fingerprint density at radius 2 is 0.912 bits per heavy atom. The van der Waals surface area contributed by atoms with Crippen LogP contribution in [0.15, 0.2) is 207 Å². The predicted octanol–water partition coefficient (Wildman–Crippen LogP) is 13.6. The first kappa shape index (κ1) is 32.7. The Morgan fingerprint density at radius 1 is 0.316 bits per heavy atom. The molecule has 266 valence electrons. The van der Waals surface area contributed by atoms with Gasteiger partial charge in [-0.15, -0.1) is 0 Å². The van der Waals surface area contributed by atoms with Crippen molar-refractivity contribution in [2.45, 2.75) is 0 Å². The first-order chi connectivity index (χ1) is 28.2. The molecule has 0 aliphatic carbocycles. The Kier molecular flexibility index (Phi) is 7.78. The number of nitrogens with zero attached hydrogens (tertiary/aromatic N) is 4. The van der Waals surface area contributed by atoms with E-state index in [1.807, 2.05) is 36.7 Å². The van der Waals surface area contributed by atoms with Crippen LogP contribution in [0.3, 0.4) is 0 Å². The topological polar surface area (TPSA) is 43.6 Å². The summed E-state index contributed by atoms with van der Waals surface area (Å²) in [6, 6.07) is 68.9. The first-order valence-electron chi connectivity index (χ1n) is 19.3. The largest absolute Gasteiger partial charge is 0.309 e.